The van der Waals surface area contributed by atoms with Gasteiger partial charge < -0.3 is 14.1 Å². The summed E-state index contributed by atoms with van der Waals surface area (Å²) in [6.07, 6.45) is 8.93. The van der Waals surface area contributed by atoms with Crippen molar-refractivity contribution in [3.05, 3.63) is 11.8 Å². The van der Waals surface area contributed by atoms with E-state index in [4.69, 9.17) is 9.15 Å². The Morgan fingerprint density at radius 1 is 1.18 bits per heavy atom. The van der Waals surface area contributed by atoms with Crippen LogP contribution in [0.15, 0.2) is 4.42 Å². The summed E-state index contributed by atoms with van der Waals surface area (Å²) < 4.78 is 10.9. The quantitative estimate of drug-likeness (QED) is 0.786. The second-order valence-corrected chi connectivity index (χ2v) is 9.52. The Balaban J connectivity index is 1.38. The molecule has 3 aliphatic rings. The van der Waals surface area contributed by atoms with Crippen molar-refractivity contribution in [2.24, 2.45) is 10.8 Å². The first-order chi connectivity index (χ1) is 13.4. The molecule has 0 N–H and O–H groups in total. The van der Waals surface area contributed by atoms with Crippen molar-refractivity contribution in [3.63, 3.8) is 0 Å². The first kappa shape index (κ1) is 19.8. The van der Waals surface area contributed by atoms with Gasteiger partial charge in [-0.05, 0) is 44.6 Å². The van der Waals surface area contributed by atoms with E-state index >= 15 is 0 Å². The number of carbonyl (C=O) groups is 1. The maximum Gasteiger partial charge on any atom is 0.242 e. The normalized spacial score (nSPS) is 27.4. The first-order valence-electron chi connectivity index (χ1n) is 10.8. The highest BCUT2D eigenvalue weighted by Gasteiger charge is 2.48. The van der Waals surface area contributed by atoms with Gasteiger partial charge in [-0.3, -0.25) is 9.69 Å². The molecule has 1 aromatic heterocycles. The summed E-state index contributed by atoms with van der Waals surface area (Å²) in [5.74, 6) is 1.62. The second kappa shape index (κ2) is 7.75. The number of likely N-dealkylation sites (tertiary alicyclic amines) is 2. The smallest absolute Gasteiger partial charge is 0.242 e. The monoisotopic (exact) mass is 390 g/mol. The molecule has 1 aliphatic carbocycles. The van der Waals surface area contributed by atoms with Gasteiger partial charge in [0.1, 0.15) is 6.61 Å². The van der Waals surface area contributed by atoms with Crippen molar-refractivity contribution in [3.8, 4) is 0 Å². The summed E-state index contributed by atoms with van der Waals surface area (Å²) in [4.78, 5) is 17.6. The fourth-order valence-electron chi connectivity index (χ4n) is 5.60. The van der Waals surface area contributed by atoms with Gasteiger partial charge in [0.15, 0.2) is 0 Å². The van der Waals surface area contributed by atoms with Crippen LogP contribution in [-0.2, 0) is 16.1 Å². The summed E-state index contributed by atoms with van der Waals surface area (Å²) in [5, 5.41) is 8.35. The van der Waals surface area contributed by atoms with Crippen LogP contribution in [0.4, 0.5) is 0 Å². The van der Waals surface area contributed by atoms with Gasteiger partial charge in [0.2, 0.25) is 17.7 Å². The van der Waals surface area contributed by atoms with E-state index in [1.54, 1.807) is 7.11 Å². The molecule has 0 aromatic carbocycles. The highest BCUT2D eigenvalue weighted by Crippen LogP contribution is 2.48. The van der Waals surface area contributed by atoms with Crippen LogP contribution in [-0.4, -0.2) is 59.7 Å². The molecule has 0 radical (unpaired) electrons. The van der Waals surface area contributed by atoms with Crippen LogP contribution in [0.25, 0.3) is 0 Å². The molecule has 1 amide bonds. The number of aromatic nitrogens is 2. The van der Waals surface area contributed by atoms with Crippen molar-refractivity contribution in [2.75, 3.05) is 33.8 Å². The molecule has 28 heavy (non-hydrogen) atoms. The molecule has 3 heterocycles. The molecule has 2 saturated heterocycles. The highest BCUT2D eigenvalue weighted by molar-refractivity contribution is 5.82. The molecular weight excluding hydrogens is 356 g/mol. The van der Waals surface area contributed by atoms with Crippen molar-refractivity contribution in [2.45, 2.75) is 70.9 Å². The van der Waals surface area contributed by atoms with E-state index < -0.39 is 0 Å². The SMILES string of the molecule is COCc1nnc(C2CC3(CCN(C(=O)C4(C)CCCCC4)CC3)CN2C)o1. The zero-order valence-electron chi connectivity index (χ0n) is 17.6. The average molecular weight is 391 g/mol. The van der Waals surface area contributed by atoms with Crippen LogP contribution in [0, 0.1) is 10.8 Å². The molecule has 2 aliphatic heterocycles. The number of amides is 1. The van der Waals surface area contributed by atoms with E-state index in [0.29, 0.717) is 24.3 Å². The Kier molecular flexibility index (Phi) is 5.49. The van der Waals surface area contributed by atoms with Crippen LogP contribution in [0.5, 0.6) is 0 Å². The third-order valence-corrected chi connectivity index (χ3v) is 7.36. The van der Waals surface area contributed by atoms with E-state index in [2.05, 4.69) is 34.0 Å². The summed E-state index contributed by atoms with van der Waals surface area (Å²) in [7, 11) is 3.77. The molecule has 156 valence electrons. The lowest BCUT2D eigenvalue weighted by molar-refractivity contribution is -0.145. The molecule has 7 heteroatoms. The van der Waals surface area contributed by atoms with Gasteiger partial charge >= 0.3 is 0 Å². The van der Waals surface area contributed by atoms with E-state index in [-0.39, 0.29) is 16.9 Å². The third-order valence-electron chi connectivity index (χ3n) is 7.36. The number of carbonyl (C=O) groups excluding carboxylic acids is 1. The molecule has 1 spiro atoms. The first-order valence-corrected chi connectivity index (χ1v) is 10.8. The van der Waals surface area contributed by atoms with Crippen LogP contribution < -0.4 is 0 Å². The Morgan fingerprint density at radius 2 is 1.89 bits per heavy atom. The minimum Gasteiger partial charge on any atom is -0.421 e. The third kappa shape index (κ3) is 3.71. The molecule has 1 saturated carbocycles. The van der Waals surface area contributed by atoms with Gasteiger partial charge in [-0.2, -0.15) is 0 Å². The molecule has 1 aromatic rings. The number of hydrogen-bond acceptors (Lipinski definition) is 6. The predicted octanol–water partition coefficient (Wildman–Crippen LogP) is 3.17. The number of ether oxygens (including phenoxy) is 1. The van der Waals surface area contributed by atoms with Gasteiger partial charge in [0, 0.05) is 32.2 Å². The largest absolute Gasteiger partial charge is 0.421 e. The zero-order chi connectivity index (χ0) is 19.8. The van der Waals surface area contributed by atoms with E-state index in [9.17, 15) is 4.79 Å². The highest BCUT2D eigenvalue weighted by atomic mass is 16.5. The van der Waals surface area contributed by atoms with Gasteiger partial charge in [0.05, 0.1) is 6.04 Å². The minimum atomic E-state index is -0.126. The van der Waals surface area contributed by atoms with Crippen molar-refractivity contribution in [1.82, 2.24) is 20.0 Å². The number of methoxy groups -OCH3 is 1. The maximum atomic E-state index is 13.2. The van der Waals surface area contributed by atoms with E-state index in [0.717, 1.165) is 51.7 Å². The van der Waals surface area contributed by atoms with Gasteiger partial charge in [0.25, 0.3) is 0 Å². The summed E-state index contributed by atoms with van der Waals surface area (Å²) in [6, 6.07) is 0.163. The lowest BCUT2D eigenvalue weighted by Gasteiger charge is -2.43. The van der Waals surface area contributed by atoms with Crippen molar-refractivity contribution >= 4 is 5.91 Å². The van der Waals surface area contributed by atoms with Gasteiger partial charge in [-0.1, -0.05) is 26.2 Å². The van der Waals surface area contributed by atoms with E-state index in [1.165, 1.54) is 19.3 Å². The summed E-state index contributed by atoms with van der Waals surface area (Å²) in [5.41, 5.74) is 0.124. The summed E-state index contributed by atoms with van der Waals surface area (Å²) in [6.45, 7) is 5.33. The number of hydrogen-bond donors (Lipinski definition) is 0. The fraction of sp³-hybridized carbons (Fsp3) is 0.857. The number of rotatable bonds is 4. The standard InChI is InChI=1S/C21H34N4O3/c1-20(7-5-4-6-8-20)19(26)25-11-9-21(10-12-25)13-16(24(2)15-21)18-23-22-17(28-18)14-27-3/h16H,4-15H2,1-3H3. The van der Waals surface area contributed by atoms with Crippen LogP contribution in [0.2, 0.25) is 0 Å². The van der Waals surface area contributed by atoms with Crippen LogP contribution in [0.3, 0.4) is 0 Å². The van der Waals surface area contributed by atoms with Crippen LogP contribution >= 0.6 is 0 Å². The van der Waals surface area contributed by atoms with E-state index in [1.807, 2.05) is 0 Å². The Bertz CT molecular complexity index is 690. The number of piperidine rings is 1. The summed E-state index contributed by atoms with van der Waals surface area (Å²) >= 11 is 0. The average Bonchev–Trinajstić information content (AvgIpc) is 3.27. The molecule has 7 nitrogen and oxygen atoms in total. The molecule has 3 fully saturated rings. The van der Waals surface area contributed by atoms with Crippen LogP contribution in [0.1, 0.15) is 76.1 Å². The van der Waals surface area contributed by atoms with Gasteiger partial charge in [-0.25, -0.2) is 0 Å². The van der Waals surface area contributed by atoms with Crippen molar-refractivity contribution in [1.29, 1.82) is 0 Å². The lowest BCUT2D eigenvalue weighted by Crippen LogP contribution is -2.49. The molecule has 0 bridgehead atoms. The zero-order valence-corrected chi connectivity index (χ0v) is 17.6. The fourth-order valence-corrected chi connectivity index (χ4v) is 5.60. The topological polar surface area (TPSA) is 71.7 Å². The second-order valence-electron chi connectivity index (χ2n) is 9.52. The molecule has 1 atom stereocenters. The maximum absolute atomic E-state index is 13.2. The Hall–Kier alpha value is -1.47. The Labute approximate surface area is 167 Å². The molecule has 4 rings (SSSR count). The minimum absolute atomic E-state index is 0.126. The molecular formula is C21H34N4O3. The number of nitrogens with zero attached hydrogens (tertiary/aromatic N) is 4. The Morgan fingerprint density at radius 3 is 2.57 bits per heavy atom. The van der Waals surface area contributed by atoms with Crippen molar-refractivity contribution < 1.29 is 13.9 Å². The van der Waals surface area contributed by atoms with Gasteiger partial charge in [-0.15, -0.1) is 10.2 Å². The molecule has 1 unspecified atom stereocenters. The lowest BCUT2D eigenvalue weighted by atomic mass is 9.72. The predicted molar refractivity (Wildman–Crippen MR) is 104 cm³/mol.